The van der Waals surface area contributed by atoms with E-state index < -0.39 is 0 Å². The van der Waals surface area contributed by atoms with Gasteiger partial charge in [-0.25, -0.2) is 4.39 Å². The van der Waals surface area contributed by atoms with Crippen LogP contribution in [-0.4, -0.2) is 12.5 Å². The van der Waals surface area contributed by atoms with Crippen LogP contribution in [0.3, 0.4) is 0 Å². The fraction of sp³-hybridized carbons (Fsp3) is 0.136. The largest absolute Gasteiger partial charge is 0.490 e. The molecule has 27 heavy (non-hydrogen) atoms. The summed E-state index contributed by atoms with van der Waals surface area (Å²) in [7, 11) is 0. The molecule has 1 aromatic heterocycles. The van der Waals surface area contributed by atoms with Gasteiger partial charge in [0.2, 0.25) is 5.91 Å². The van der Waals surface area contributed by atoms with E-state index in [1.54, 1.807) is 29.5 Å². The number of carbonyl (C=O) groups excluding carboxylic acids is 1. The Morgan fingerprint density at radius 2 is 1.93 bits per heavy atom. The minimum Gasteiger partial charge on any atom is -0.490 e. The zero-order valence-electron chi connectivity index (χ0n) is 14.6. The van der Waals surface area contributed by atoms with E-state index in [0.29, 0.717) is 13.0 Å². The predicted octanol–water partition coefficient (Wildman–Crippen LogP) is 5.59. The van der Waals surface area contributed by atoms with Gasteiger partial charge in [0.15, 0.2) is 0 Å². The van der Waals surface area contributed by atoms with E-state index >= 15 is 0 Å². The molecule has 0 radical (unpaired) electrons. The van der Waals surface area contributed by atoms with Crippen molar-refractivity contribution in [3.63, 3.8) is 0 Å². The zero-order valence-corrected chi connectivity index (χ0v) is 15.4. The highest BCUT2D eigenvalue weighted by atomic mass is 32.1. The highest BCUT2D eigenvalue weighted by molar-refractivity contribution is 7.11. The van der Waals surface area contributed by atoms with E-state index in [0.717, 1.165) is 33.0 Å². The quantitative estimate of drug-likeness (QED) is 0.587. The molecule has 1 atom stereocenters. The number of thiophene rings is 1. The van der Waals surface area contributed by atoms with E-state index in [-0.39, 0.29) is 17.6 Å². The average Bonchev–Trinajstić information content (AvgIpc) is 3.10. The second-order valence-electron chi connectivity index (χ2n) is 6.37. The minimum atomic E-state index is -0.275. The smallest absolute Gasteiger partial charge is 0.225 e. The van der Waals surface area contributed by atoms with Gasteiger partial charge >= 0.3 is 0 Å². The van der Waals surface area contributed by atoms with Crippen molar-refractivity contribution in [2.75, 3.05) is 11.9 Å². The van der Waals surface area contributed by atoms with Crippen LogP contribution in [0.15, 0.2) is 66.6 Å². The molecule has 5 heteroatoms. The molecule has 0 aliphatic carbocycles. The van der Waals surface area contributed by atoms with Crippen LogP contribution < -0.4 is 10.1 Å². The lowest BCUT2D eigenvalue weighted by Crippen LogP contribution is -2.22. The molecule has 2 aromatic carbocycles. The van der Waals surface area contributed by atoms with Gasteiger partial charge in [-0.15, -0.1) is 11.3 Å². The van der Waals surface area contributed by atoms with E-state index in [9.17, 15) is 9.18 Å². The molecule has 0 unspecified atom stereocenters. The average molecular weight is 379 g/mol. The van der Waals surface area contributed by atoms with Crippen LogP contribution in [0.25, 0.3) is 11.1 Å². The topological polar surface area (TPSA) is 38.3 Å². The summed E-state index contributed by atoms with van der Waals surface area (Å²) in [5.74, 6) is 0.489. The van der Waals surface area contributed by atoms with Crippen molar-refractivity contribution < 1.29 is 13.9 Å². The number of nitrogens with one attached hydrogen (secondary N) is 1. The van der Waals surface area contributed by atoms with Crippen molar-refractivity contribution in [1.29, 1.82) is 0 Å². The van der Waals surface area contributed by atoms with Gasteiger partial charge < -0.3 is 10.1 Å². The molecule has 0 fully saturated rings. The van der Waals surface area contributed by atoms with Crippen LogP contribution in [0.5, 0.6) is 5.75 Å². The molecule has 0 spiro atoms. The van der Waals surface area contributed by atoms with Crippen molar-refractivity contribution in [2.45, 2.75) is 12.3 Å². The van der Waals surface area contributed by atoms with Crippen LogP contribution in [0, 0.1) is 5.82 Å². The van der Waals surface area contributed by atoms with Gasteiger partial charge in [0, 0.05) is 28.2 Å². The van der Waals surface area contributed by atoms with Gasteiger partial charge in [-0.3, -0.25) is 4.79 Å². The summed E-state index contributed by atoms with van der Waals surface area (Å²) < 4.78 is 18.8. The number of carbonyl (C=O) groups is 1. The normalized spacial score (nSPS) is 15.7. The summed E-state index contributed by atoms with van der Waals surface area (Å²) in [5, 5.41) is 5.03. The van der Waals surface area contributed by atoms with E-state index in [1.807, 2.05) is 29.6 Å². The van der Waals surface area contributed by atoms with Crippen molar-refractivity contribution in [3.8, 4) is 16.9 Å². The van der Waals surface area contributed by atoms with Crippen molar-refractivity contribution in [1.82, 2.24) is 0 Å². The van der Waals surface area contributed by atoms with Gasteiger partial charge in [0.1, 0.15) is 18.2 Å². The summed E-state index contributed by atoms with van der Waals surface area (Å²) in [6.45, 7) is 4.10. The first-order chi connectivity index (χ1) is 13.2. The molecule has 4 rings (SSSR count). The SMILES string of the molecule is C=CCOc1ccc([C@@H]2CC(=O)Nc3c(-c4ccc(F)cc4)csc32)cc1. The lowest BCUT2D eigenvalue weighted by molar-refractivity contribution is -0.116. The lowest BCUT2D eigenvalue weighted by atomic mass is 9.89. The van der Waals surface area contributed by atoms with E-state index in [2.05, 4.69) is 11.9 Å². The fourth-order valence-corrected chi connectivity index (χ4v) is 4.45. The minimum absolute atomic E-state index is 0.00130. The molecule has 1 aliphatic heterocycles. The third-order valence-corrected chi connectivity index (χ3v) is 5.69. The summed E-state index contributed by atoms with van der Waals surface area (Å²) in [6.07, 6.45) is 2.11. The number of hydrogen-bond acceptors (Lipinski definition) is 3. The van der Waals surface area contributed by atoms with Crippen molar-refractivity contribution in [3.05, 3.63) is 82.8 Å². The monoisotopic (exact) mass is 379 g/mol. The molecule has 136 valence electrons. The first-order valence-electron chi connectivity index (χ1n) is 8.66. The molecule has 1 aliphatic rings. The van der Waals surface area contributed by atoms with Crippen LogP contribution >= 0.6 is 11.3 Å². The standard InChI is InChI=1S/C22H18FNO2S/c1-2-11-26-17-9-5-14(6-10-17)18-12-20(25)24-21-19(13-27-22(18)21)15-3-7-16(23)8-4-15/h2-10,13,18H,1,11-12H2,(H,24,25)/t18-/m0/s1. The third kappa shape index (κ3) is 3.51. The molecule has 1 N–H and O–H groups in total. The number of amides is 1. The van der Waals surface area contributed by atoms with Crippen LogP contribution in [0.1, 0.15) is 22.8 Å². The molecule has 3 nitrogen and oxygen atoms in total. The molecule has 1 amide bonds. The predicted molar refractivity (Wildman–Crippen MR) is 107 cm³/mol. The number of halogens is 1. The highest BCUT2D eigenvalue weighted by Crippen LogP contribution is 2.46. The summed E-state index contributed by atoms with van der Waals surface area (Å²) in [4.78, 5) is 13.5. The number of hydrogen-bond donors (Lipinski definition) is 1. The Morgan fingerprint density at radius 1 is 1.19 bits per heavy atom. The molecular weight excluding hydrogens is 361 g/mol. The Morgan fingerprint density at radius 3 is 2.63 bits per heavy atom. The molecular formula is C22H18FNO2S. The Kier molecular flexibility index (Phi) is 4.77. The molecule has 3 aromatic rings. The molecule has 0 saturated heterocycles. The lowest BCUT2D eigenvalue weighted by Gasteiger charge is -2.24. The van der Waals surface area contributed by atoms with Crippen molar-refractivity contribution in [2.24, 2.45) is 0 Å². The highest BCUT2D eigenvalue weighted by Gasteiger charge is 2.30. The van der Waals surface area contributed by atoms with Crippen LogP contribution in [0.4, 0.5) is 10.1 Å². The summed E-state index contributed by atoms with van der Waals surface area (Å²) in [5.41, 5.74) is 3.73. The Bertz CT molecular complexity index is 977. The molecule has 2 heterocycles. The Balaban J connectivity index is 1.68. The molecule has 0 saturated carbocycles. The summed E-state index contributed by atoms with van der Waals surface area (Å²) in [6, 6.07) is 14.2. The summed E-state index contributed by atoms with van der Waals surface area (Å²) >= 11 is 1.62. The zero-order chi connectivity index (χ0) is 18.8. The van der Waals surface area contributed by atoms with Gasteiger partial charge in [0.25, 0.3) is 0 Å². The fourth-order valence-electron chi connectivity index (χ4n) is 3.29. The maximum Gasteiger partial charge on any atom is 0.225 e. The second kappa shape index (κ2) is 7.37. The van der Waals surface area contributed by atoms with Gasteiger partial charge in [-0.05, 0) is 35.4 Å². The van der Waals surface area contributed by atoms with Gasteiger partial charge in [-0.1, -0.05) is 36.9 Å². The van der Waals surface area contributed by atoms with Crippen molar-refractivity contribution >= 4 is 22.9 Å². The Labute approximate surface area is 161 Å². The van der Waals surface area contributed by atoms with Gasteiger partial charge in [0.05, 0.1) is 5.69 Å². The number of ether oxygens (including phenoxy) is 1. The maximum absolute atomic E-state index is 13.2. The second-order valence-corrected chi connectivity index (χ2v) is 7.28. The van der Waals surface area contributed by atoms with E-state index in [4.69, 9.17) is 4.74 Å². The number of fused-ring (bicyclic) bond motifs is 1. The number of benzene rings is 2. The van der Waals surface area contributed by atoms with Crippen LogP contribution in [0.2, 0.25) is 0 Å². The number of anilines is 1. The first kappa shape index (κ1) is 17.5. The van der Waals surface area contributed by atoms with Crippen LogP contribution in [-0.2, 0) is 4.79 Å². The molecule has 0 bridgehead atoms. The Hall–Kier alpha value is -2.92. The van der Waals surface area contributed by atoms with E-state index in [1.165, 1.54) is 12.1 Å². The third-order valence-electron chi connectivity index (χ3n) is 4.60. The first-order valence-corrected chi connectivity index (χ1v) is 9.54. The number of rotatable bonds is 5. The maximum atomic E-state index is 13.2. The van der Waals surface area contributed by atoms with Gasteiger partial charge in [-0.2, -0.15) is 0 Å².